The molecular formula is C12H10FNO4. The molecule has 0 fully saturated rings. The average Bonchev–Trinajstić information content (AvgIpc) is 2.31. The van der Waals surface area contributed by atoms with Gasteiger partial charge in [0, 0.05) is 0 Å². The van der Waals surface area contributed by atoms with E-state index in [-0.39, 0.29) is 18.7 Å². The van der Waals surface area contributed by atoms with Gasteiger partial charge in [-0.15, -0.1) is 0 Å². The molecule has 1 heterocycles. The Morgan fingerprint density at radius 2 is 2.28 bits per heavy atom. The number of pyridine rings is 1. The topological polar surface area (TPSA) is 76.5 Å². The van der Waals surface area contributed by atoms with Gasteiger partial charge in [-0.05, 0) is 18.9 Å². The van der Waals surface area contributed by atoms with Crippen molar-refractivity contribution in [1.29, 1.82) is 0 Å². The lowest BCUT2D eigenvalue weighted by Gasteiger charge is -1.97. The number of hydrogen-bond donors (Lipinski definition) is 1. The number of hydrogen-bond acceptors (Lipinski definition) is 4. The number of ether oxygens (including phenoxy) is 1. The summed E-state index contributed by atoms with van der Waals surface area (Å²) in [4.78, 5) is 25.2. The van der Waals surface area contributed by atoms with Crippen LogP contribution in [-0.2, 0) is 9.53 Å². The Balaban J connectivity index is 2.80. The van der Waals surface area contributed by atoms with Crippen LogP contribution in [0.5, 0.6) is 0 Å². The SMILES string of the molecule is CCOC(=O)CC#Cc1cc(C(=O)O)c(F)cn1. The quantitative estimate of drug-likeness (QED) is 0.645. The van der Waals surface area contributed by atoms with Crippen molar-refractivity contribution in [2.45, 2.75) is 13.3 Å². The van der Waals surface area contributed by atoms with Gasteiger partial charge in [0.1, 0.15) is 12.1 Å². The number of carbonyl (C=O) groups is 2. The molecule has 94 valence electrons. The Kier molecular flexibility index (Phi) is 4.81. The van der Waals surface area contributed by atoms with Gasteiger partial charge in [-0.2, -0.15) is 0 Å². The van der Waals surface area contributed by atoms with Crippen LogP contribution < -0.4 is 0 Å². The molecule has 0 bridgehead atoms. The molecule has 0 aliphatic carbocycles. The van der Waals surface area contributed by atoms with Gasteiger partial charge in [0.2, 0.25) is 0 Å². The number of carbonyl (C=O) groups excluding carboxylic acids is 1. The first-order valence-corrected chi connectivity index (χ1v) is 5.08. The first-order valence-electron chi connectivity index (χ1n) is 5.08. The third-order valence-electron chi connectivity index (χ3n) is 1.84. The van der Waals surface area contributed by atoms with Crippen LogP contribution in [-0.4, -0.2) is 28.6 Å². The van der Waals surface area contributed by atoms with Crippen LogP contribution >= 0.6 is 0 Å². The van der Waals surface area contributed by atoms with E-state index in [9.17, 15) is 14.0 Å². The highest BCUT2D eigenvalue weighted by atomic mass is 19.1. The number of carboxylic acids is 1. The predicted octanol–water partition coefficient (Wildman–Crippen LogP) is 1.22. The number of carboxylic acid groups (broad SMARTS) is 1. The summed E-state index contributed by atoms with van der Waals surface area (Å²) < 4.78 is 17.7. The minimum Gasteiger partial charge on any atom is -0.478 e. The van der Waals surface area contributed by atoms with Gasteiger partial charge in [0.05, 0.1) is 18.4 Å². The monoisotopic (exact) mass is 251 g/mol. The fraction of sp³-hybridized carbons (Fsp3) is 0.250. The highest BCUT2D eigenvalue weighted by Gasteiger charge is 2.10. The number of esters is 1. The largest absolute Gasteiger partial charge is 0.478 e. The van der Waals surface area contributed by atoms with E-state index in [1.807, 2.05) is 0 Å². The Labute approximate surface area is 103 Å². The smallest absolute Gasteiger partial charge is 0.338 e. The Morgan fingerprint density at radius 1 is 1.56 bits per heavy atom. The summed E-state index contributed by atoms with van der Waals surface area (Å²) >= 11 is 0. The van der Waals surface area contributed by atoms with Crippen molar-refractivity contribution in [3.8, 4) is 11.8 Å². The summed E-state index contributed by atoms with van der Waals surface area (Å²) in [6.45, 7) is 1.93. The Morgan fingerprint density at radius 3 is 2.89 bits per heavy atom. The van der Waals surface area contributed by atoms with E-state index in [0.717, 1.165) is 12.3 Å². The van der Waals surface area contributed by atoms with Gasteiger partial charge in [0.15, 0.2) is 5.82 Å². The molecule has 1 rings (SSSR count). The zero-order valence-corrected chi connectivity index (χ0v) is 9.57. The second kappa shape index (κ2) is 6.35. The number of halogens is 1. The van der Waals surface area contributed by atoms with E-state index in [4.69, 9.17) is 5.11 Å². The third-order valence-corrected chi connectivity index (χ3v) is 1.84. The molecule has 1 aromatic heterocycles. The summed E-state index contributed by atoms with van der Waals surface area (Å²) in [6, 6.07) is 1.01. The standard InChI is InChI=1S/C12H10FNO4/c1-2-18-11(15)5-3-4-8-6-9(12(16)17)10(13)7-14-8/h6-7H,2,5H2,1H3,(H,16,17). The lowest BCUT2D eigenvalue weighted by Crippen LogP contribution is -2.03. The summed E-state index contributed by atoms with van der Waals surface area (Å²) in [5, 5.41) is 8.68. The maximum absolute atomic E-state index is 13.0. The zero-order valence-electron chi connectivity index (χ0n) is 9.57. The van der Waals surface area contributed by atoms with Crippen LogP contribution in [0.4, 0.5) is 4.39 Å². The van der Waals surface area contributed by atoms with Gasteiger partial charge in [-0.1, -0.05) is 5.92 Å². The third kappa shape index (κ3) is 3.87. The maximum Gasteiger partial charge on any atom is 0.338 e. The van der Waals surface area contributed by atoms with Gasteiger partial charge >= 0.3 is 11.9 Å². The molecule has 0 atom stereocenters. The van der Waals surface area contributed by atoms with E-state index in [1.54, 1.807) is 6.92 Å². The average molecular weight is 251 g/mol. The van der Waals surface area contributed by atoms with Crippen LogP contribution in [0, 0.1) is 17.7 Å². The summed E-state index contributed by atoms with van der Waals surface area (Å²) in [6.07, 6.45) is 0.646. The van der Waals surface area contributed by atoms with Crippen molar-refractivity contribution < 1.29 is 23.8 Å². The molecule has 0 amide bonds. The van der Waals surface area contributed by atoms with Crippen molar-refractivity contribution in [3.63, 3.8) is 0 Å². The molecule has 0 unspecified atom stereocenters. The Bertz CT molecular complexity index is 531. The van der Waals surface area contributed by atoms with Crippen LogP contribution in [0.3, 0.4) is 0 Å². The summed E-state index contributed by atoms with van der Waals surface area (Å²) in [5.41, 5.74) is -0.427. The minimum absolute atomic E-state index is 0.0816. The fourth-order valence-corrected chi connectivity index (χ4v) is 1.09. The first kappa shape index (κ1) is 13.6. The second-order valence-electron chi connectivity index (χ2n) is 3.14. The zero-order chi connectivity index (χ0) is 13.5. The Hall–Kier alpha value is -2.42. The number of aromatic nitrogens is 1. The summed E-state index contributed by atoms with van der Waals surface area (Å²) in [5.74, 6) is 2.12. The van der Waals surface area contributed by atoms with E-state index in [1.165, 1.54) is 0 Å². The molecule has 6 heteroatoms. The maximum atomic E-state index is 13.0. The van der Waals surface area contributed by atoms with Gasteiger partial charge in [-0.25, -0.2) is 14.2 Å². The van der Waals surface area contributed by atoms with Gasteiger partial charge in [0.25, 0.3) is 0 Å². The predicted molar refractivity (Wildman–Crippen MR) is 59.3 cm³/mol. The highest BCUT2D eigenvalue weighted by Crippen LogP contribution is 2.07. The highest BCUT2D eigenvalue weighted by molar-refractivity contribution is 5.88. The lowest BCUT2D eigenvalue weighted by molar-refractivity contribution is -0.141. The molecule has 0 saturated heterocycles. The van der Waals surface area contributed by atoms with E-state index in [0.29, 0.717) is 0 Å². The van der Waals surface area contributed by atoms with Crippen molar-refractivity contribution in [2.24, 2.45) is 0 Å². The fourth-order valence-electron chi connectivity index (χ4n) is 1.09. The molecule has 5 nitrogen and oxygen atoms in total. The lowest BCUT2D eigenvalue weighted by atomic mass is 10.2. The van der Waals surface area contributed by atoms with Crippen LogP contribution in [0.25, 0.3) is 0 Å². The van der Waals surface area contributed by atoms with Crippen LogP contribution in [0.2, 0.25) is 0 Å². The number of aromatic carboxylic acids is 1. The van der Waals surface area contributed by atoms with E-state index < -0.39 is 23.3 Å². The van der Waals surface area contributed by atoms with Gasteiger partial charge in [-0.3, -0.25) is 4.79 Å². The molecule has 0 spiro atoms. The van der Waals surface area contributed by atoms with Gasteiger partial charge < -0.3 is 9.84 Å². The minimum atomic E-state index is -1.40. The molecule has 1 N–H and O–H groups in total. The molecule has 0 aromatic carbocycles. The molecule has 0 aliphatic rings. The van der Waals surface area contributed by atoms with Crippen molar-refractivity contribution in [2.75, 3.05) is 6.61 Å². The molecule has 0 radical (unpaired) electrons. The van der Waals surface area contributed by atoms with E-state index in [2.05, 4.69) is 21.6 Å². The summed E-state index contributed by atoms with van der Waals surface area (Å²) in [7, 11) is 0. The van der Waals surface area contributed by atoms with Crippen molar-refractivity contribution in [3.05, 3.63) is 29.3 Å². The van der Waals surface area contributed by atoms with Crippen LogP contribution in [0.1, 0.15) is 29.4 Å². The molecule has 1 aromatic rings. The number of nitrogens with zero attached hydrogens (tertiary/aromatic N) is 1. The first-order chi connectivity index (χ1) is 8.54. The second-order valence-corrected chi connectivity index (χ2v) is 3.14. The van der Waals surface area contributed by atoms with Crippen molar-refractivity contribution >= 4 is 11.9 Å². The molecule has 0 saturated carbocycles. The molecule has 18 heavy (non-hydrogen) atoms. The molecule has 0 aliphatic heterocycles. The van der Waals surface area contributed by atoms with Crippen molar-refractivity contribution in [1.82, 2.24) is 4.98 Å². The normalized spacial score (nSPS) is 9.22. The molecular weight excluding hydrogens is 241 g/mol. The number of rotatable bonds is 3. The van der Waals surface area contributed by atoms with E-state index >= 15 is 0 Å². The van der Waals surface area contributed by atoms with Crippen LogP contribution in [0.15, 0.2) is 12.3 Å².